The molecule has 1 heterocycles. The lowest BCUT2D eigenvalue weighted by Gasteiger charge is -2.33. The van der Waals surface area contributed by atoms with Crippen molar-refractivity contribution in [2.24, 2.45) is 0 Å². The van der Waals surface area contributed by atoms with Crippen molar-refractivity contribution >= 4 is 24.8 Å². The van der Waals surface area contributed by atoms with Gasteiger partial charge in [0, 0.05) is 26.2 Å². The van der Waals surface area contributed by atoms with Gasteiger partial charge in [0.05, 0.1) is 6.04 Å². The van der Waals surface area contributed by atoms with Crippen LogP contribution >= 0.6 is 24.8 Å². The standard InChI is InChI=1S/C12H14F4N2.2ClH/c13-7-11(18-3-1-17-2-4-18)8-5-9(14)12(16)10(15)6-8;;/h5-6,11,17H,1-4,7H2;2*1H/t11-;;/m1../s1. The maximum absolute atomic E-state index is 13.1. The van der Waals surface area contributed by atoms with E-state index in [-0.39, 0.29) is 30.4 Å². The summed E-state index contributed by atoms with van der Waals surface area (Å²) >= 11 is 0. The minimum absolute atomic E-state index is 0. The van der Waals surface area contributed by atoms with Gasteiger partial charge in [-0.15, -0.1) is 24.8 Å². The van der Waals surface area contributed by atoms with E-state index in [4.69, 9.17) is 0 Å². The normalized spacial score (nSPS) is 17.0. The van der Waals surface area contributed by atoms with E-state index in [0.717, 1.165) is 12.1 Å². The Morgan fingerprint density at radius 2 is 1.55 bits per heavy atom. The molecule has 0 aromatic heterocycles. The third kappa shape index (κ3) is 4.22. The molecule has 0 saturated carbocycles. The highest BCUT2D eigenvalue weighted by molar-refractivity contribution is 5.85. The number of benzene rings is 1. The van der Waals surface area contributed by atoms with Crippen LogP contribution in [0.5, 0.6) is 0 Å². The average molecular weight is 335 g/mol. The second kappa shape index (κ2) is 8.67. The predicted molar refractivity (Wildman–Crippen MR) is 74.0 cm³/mol. The zero-order valence-corrected chi connectivity index (χ0v) is 12.2. The number of nitrogens with one attached hydrogen (secondary N) is 1. The zero-order valence-electron chi connectivity index (χ0n) is 10.5. The first-order chi connectivity index (χ1) is 8.63. The van der Waals surface area contributed by atoms with Crippen molar-refractivity contribution in [3.8, 4) is 0 Å². The van der Waals surface area contributed by atoms with Crippen LogP contribution in [-0.4, -0.2) is 37.8 Å². The molecule has 0 radical (unpaired) electrons. The van der Waals surface area contributed by atoms with Crippen molar-refractivity contribution in [1.82, 2.24) is 10.2 Å². The van der Waals surface area contributed by atoms with E-state index in [1.54, 1.807) is 4.90 Å². The molecule has 2 rings (SSSR count). The van der Waals surface area contributed by atoms with Gasteiger partial charge in [-0.3, -0.25) is 4.90 Å². The number of piperazine rings is 1. The van der Waals surface area contributed by atoms with Gasteiger partial charge in [-0.1, -0.05) is 0 Å². The Morgan fingerprint density at radius 3 is 2.00 bits per heavy atom. The van der Waals surface area contributed by atoms with Crippen LogP contribution in [0.4, 0.5) is 17.6 Å². The van der Waals surface area contributed by atoms with E-state index >= 15 is 0 Å². The number of hydrogen-bond acceptors (Lipinski definition) is 2. The molecule has 1 N–H and O–H groups in total. The first kappa shape index (κ1) is 19.4. The fourth-order valence-electron chi connectivity index (χ4n) is 2.16. The molecule has 8 heteroatoms. The Kier molecular flexibility index (Phi) is 8.42. The van der Waals surface area contributed by atoms with Crippen LogP contribution in [0.1, 0.15) is 11.6 Å². The highest BCUT2D eigenvalue weighted by Crippen LogP contribution is 2.25. The van der Waals surface area contributed by atoms with Crippen LogP contribution in [0.25, 0.3) is 0 Å². The maximum atomic E-state index is 13.1. The first-order valence-corrected chi connectivity index (χ1v) is 5.78. The Hall–Kier alpha value is -0.560. The molecule has 0 spiro atoms. The van der Waals surface area contributed by atoms with E-state index in [9.17, 15) is 17.6 Å². The minimum Gasteiger partial charge on any atom is -0.314 e. The molecule has 1 fully saturated rings. The van der Waals surface area contributed by atoms with Crippen LogP contribution in [-0.2, 0) is 0 Å². The average Bonchev–Trinajstić information content (AvgIpc) is 2.38. The van der Waals surface area contributed by atoms with E-state index in [1.807, 2.05) is 0 Å². The number of halogens is 6. The predicted octanol–water partition coefficient (Wildman–Crippen LogP) is 2.86. The SMILES string of the molecule is Cl.Cl.FC[C@H](c1cc(F)c(F)c(F)c1)N1CCNCC1. The third-order valence-corrected chi connectivity index (χ3v) is 3.13. The minimum atomic E-state index is -1.52. The number of hydrogen-bond donors (Lipinski definition) is 1. The topological polar surface area (TPSA) is 15.3 Å². The molecule has 20 heavy (non-hydrogen) atoms. The van der Waals surface area contributed by atoms with Crippen molar-refractivity contribution in [3.05, 3.63) is 35.1 Å². The molecule has 1 aromatic carbocycles. The summed E-state index contributed by atoms with van der Waals surface area (Å²) in [5.74, 6) is -4.08. The molecular weight excluding hydrogens is 319 g/mol. The van der Waals surface area contributed by atoms with Crippen LogP contribution in [0.15, 0.2) is 12.1 Å². The van der Waals surface area contributed by atoms with Gasteiger partial charge in [-0.2, -0.15) is 0 Å². The molecule has 1 aromatic rings. The van der Waals surface area contributed by atoms with E-state index in [1.165, 1.54) is 0 Å². The lowest BCUT2D eigenvalue weighted by Crippen LogP contribution is -2.45. The lowest BCUT2D eigenvalue weighted by atomic mass is 10.0. The quantitative estimate of drug-likeness (QED) is 0.675. The molecule has 1 atom stereocenters. The lowest BCUT2D eigenvalue weighted by molar-refractivity contribution is 0.147. The fraction of sp³-hybridized carbons (Fsp3) is 0.500. The summed E-state index contributed by atoms with van der Waals surface area (Å²) in [6.45, 7) is 1.82. The molecule has 0 unspecified atom stereocenters. The molecule has 1 aliphatic rings. The highest BCUT2D eigenvalue weighted by Gasteiger charge is 2.24. The second-order valence-corrected chi connectivity index (χ2v) is 4.25. The van der Waals surface area contributed by atoms with E-state index in [0.29, 0.717) is 26.2 Å². The third-order valence-electron chi connectivity index (χ3n) is 3.13. The second-order valence-electron chi connectivity index (χ2n) is 4.25. The molecular formula is C12H16Cl2F4N2. The van der Waals surface area contributed by atoms with Gasteiger partial charge in [0.1, 0.15) is 6.67 Å². The molecule has 1 aliphatic heterocycles. The summed E-state index contributed by atoms with van der Waals surface area (Å²) in [7, 11) is 0. The van der Waals surface area contributed by atoms with Crippen LogP contribution in [0, 0.1) is 17.5 Å². The monoisotopic (exact) mass is 334 g/mol. The first-order valence-electron chi connectivity index (χ1n) is 5.78. The van der Waals surface area contributed by atoms with Crippen molar-refractivity contribution in [3.63, 3.8) is 0 Å². The van der Waals surface area contributed by atoms with Gasteiger partial charge in [-0.05, 0) is 17.7 Å². The summed E-state index contributed by atoms with van der Waals surface area (Å²) in [5, 5.41) is 3.10. The van der Waals surface area contributed by atoms with Crippen molar-refractivity contribution in [1.29, 1.82) is 0 Å². The van der Waals surface area contributed by atoms with Gasteiger partial charge in [0.25, 0.3) is 0 Å². The molecule has 0 aliphatic carbocycles. The van der Waals surface area contributed by atoms with Crippen LogP contribution < -0.4 is 5.32 Å². The highest BCUT2D eigenvalue weighted by atomic mass is 35.5. The van der Waals surface area contributed by atoms with Crippen LogP contribution in [0.3, 0.4) is 0 Å². The van der Waals surface area contributed by atoms with Crippen molar-refractivity contribution in [2.45, 2.75) is 6.04 Å². The molecule has 0 amide bonds. The Labute approximate surface area is 127 Å². The maximum Gasteiger partial charge on any atom is 0.194 e. The van der Waals surface area contributed by atoms with Gasteiger partial charge >= 0.3 is 0 Å². The number of rotatable bonds is 3. The molecule has 116 valence electrons. The largest absolute Gasteiger partial charge is 0.314 e. The Balaban J connectivity index is 0.00000180. The van der Waals surface area contributed by atoms with Crippen molar-refractivity contribution < 1.29 is 17.6 Å². The Morgan fingerprint density at radius 1 is 1.05 bits per heavy atom. The molecule has 2 nitrogen and oxygen atoms in total. The number of nitrogens with zero attached hydrogens (tertiary/aromatic N) is 1. The Bertz CT molecular complexity index is 405. The van der Waals surface area contributed by atoms with E-state index in [2.05, 4.69) is 5.32 Å². The summed E-state index contributed by atoms with van der Waals surface area (Å²) in [6, 6.07) is 1.01. The van der Waals surface area contributed by atoms with Gasteiger partial charge < -0.3 is 5.32 Å². The summed E-state index contributed by atoms with van der Waals surface area (Å²) in [4.78, 5) is 1.79. The zero-order chi connectivity index (χ0) is 13.1. The number of alkyl halides is 1. The van der Waals surface area contributed by atoms with Crippen molar-refractivity contribution in [2.75, 3.05) is 32.9 Å². The van der Waals surface area contributed by atoms with E-state index < -0.39 is 30.2 Å². The van der Waals surface area contributed by atoms with Gasteiger partial charge in [0.15, 0.2) is 17.5 Å². The summed E-state index contributed by atoms with van der Waals surface area (Å²) in [5.41, 5.74) is 0.135. The fourth-order valence-corrected chi connectivity index (χ4v) is 2.16. The summed E-state index contributed by atoms with van der Waals surface area (Å²) < 4.78 is 52.2. The summed E-state index contributed by atoms with van der Waals surface area (Å²) in [6.07, 6.45) is 0. The van der Waals surface area contributed by atoms with Crippen LogP contribution in [0.2, 0.25) is 0 Å². The molecule has 0 bridgehead atoms. The van der Waals surface area contributed by atoms with Gasteiger partial charge in [-0.25, -0.2) is 17.6 Å². The molecule has 1 saturated heterocycles. The smallest absolute Gasteiger partial charge is 0.194 e. The van der Waals surface area contributed by atoms with Gasteiger partial charge in [0.2, 0.25) is 0 Å².